The van der Waals surface area contributed by atoms with Crippen LogP contribution in [-0.2, 0) is 19.1 Å². The van der Waals surface area contributed by atoms with Crippen LogP contribution in [0.3, 0.4) is 0 Å². The number of alkyl halides is 3. The maximum absolute atomic E-state index is 12.6. The first-order chi connectivity index (χ1) is 13.8. The number of halogens is 4. The Morgan fingerprint density at radius 1 is 1.23 bits per heavy atom. The van der Waals surface area contributed by atoms with Crippen molar-refractivity contribution in [2.45, 2.75) is 38.9 Å². The van der Waals surface area contributed by atoms with E-state index in [1.807, 2.05) is 6.92 Å². The monoisotopic (exact) mass is 557 g/mol. The molecule has 0 saturated carbocycles. The molecule has 0 aliphatic heterocycles. The number of unbranched alkanes of at least 4 members (excludes halogenated alkanes) is 1. The van der Waals surface area contributed by atoms with Crippen molar-refractivity contribution in [2.24, 2.45) is 4.99 Å². The van der Waals surface area contributed by atoms with E-state index in [9.17, 15) is 23.3 Å². The van der Waals surface area contributed by atoms with Gasteiger partial charge in [0, 0.05) is 30.6 Å². The molecule has 2 rings (SSSR count). The standard InChI is InChI=1S/C18H22F3N5O2S.HI/c1-2-22-17(24-11-16-25-15(12-29-16)18(19,20)21)23-10-4-3-5-13-6-8-14(9-7-13)26(27)28;/h6-9,12H,2-5,10-11H2,1H3,(H2,22,23,24);1H. The molecule has 0 spiro atoms. The molecule has 0 unspecified atom stereocenters. The molecule has 1 aromatic heterocycles. The highest BCUT2D eigenvalue weighted by molar-refractivity contribution is 14.0. The van der Waals surface area contributed by atoms with Crippen molar-refractivity contribution in [3.05, 3.63) is 56.0 Å². The molecule has 30 heavy (non-hydrogen) atoms. The molecular formula is C18H23F3IN5O2S. The van der Waals surface area contributed by atoms with Crippen molar-refractivity contribution in [3.8, 4) is 0 Å². The lowest BCUT2D eigenvalue weighted by Crippen LogP contribution is -2.37. The Morgan fingerprint density at radius 2 is 1.93 bits per heavy atom. The van der Waals surface area contributed by atoms with Gasteiger partial charge in [-0.05, 0) is 31.7 Å². The Kier molecular flexibility index (Phi) is 11.0. The molecule has 0 atom stereocenters. The summed E-state index contributed by atoms with van der Waals surface area (Å²) in [5.41, 5.74) is 0.210. The molecule has 2 aromatic rings. The molecule has 166 valence electrons. The summed E-state index contributed by atoms with van der Waals surface area (Å²) in [5, 5.41) is 18.1. The number of hydrogen-bond acceptors (Lipinski definition) is 5. The average Bonchev–Trinajstić information content (AvgIpc) is 3.15. The van der Waals surface area contributed by atoms with Crippen molar-refractivity contribution in [1.82, 2.24) is 15.6 Å². The van der Waals surface area contributed by atoms with Gasteiger partial charge >= 0.3 is 6.18 Å². The lowest BCUT2D eigenvalue weighted by molar-refractivity contribution is -0.384. The predicted octanol–water partition coefficient (Wildman–Crippen LogP) is 4.77. The quantitative estimate of drug-likeness (QED) is 0.116. The van der Waals surface area contributed by atoms with Gasteiger partial charge in [-0.2, -0.15) is 13.2 Å². The van der Waals surface area contributed by atoms with Crippen LogP contribution in [0.2, 0.25) is 0 Å². The van der Waals surface area contributed by atoms with Crippen molar-refractivity contribution >= 4 is 47.0 Å². The normalized spacial score (nSPS) is 11.7. The minimum absolute atomic E-state index is 0. The molecule has 1 aromatic carbocycles. The molecule has 0 saturated heterocycles. The number of aliphatic imine (C=N–C) groups is 1. The highest BCUT2D eigenvalue weighted by Crippen LogP contribution is 2.30. The van der Waals surface area contributed by atoms with Gasteiger partial charge < -0.3 is 10.6 Å². The van der Waals surface area contributed by atoms with Gasteiger partial charge in [-0.15, -0.1) is 35.3 Å². The first-order valence-corrected chi connectivity index (χ1v) is 9.94. The summed E-state index contributed by atoms with van der Waals surface area (Å²) in [4.78, 5) is 18.1. The molecule has 0 aliphatic carbocycles. The Bertz CT molecular complexity index is 828. The van der Waals surface area contributed by atoms with Crippen LogP contribution < -0.4 is 10.6 Å². The van der Waals surface area contributed by atoms with Crippen LogP contribution in [0, 0.1) is 10.1 Å². The number of nitrogens with one attached hydrogen (secondary N) is 2. The third kappa shape index (κ3) is 8.81. The van der Waals surface area contributed by atoms with E-state index in [0.717, 1.165) is 41.5 Å². The molecule has 0 aliphatic rings. The minimum atomic E-state index is -4.44. The van der Waals surface area contributed by atoms with Crippen LogP contribution in [0.15, 0.2) is 34.6 Å². The largest absolute Gasteiger partial charge is 0.434 e. The van der Waals surface area contributed by atoms with Gasteiger partial charge in [0.15, 0.2) is 11.7 Å². The molecule has 1 heterocycles. The fraction of sp³-hybridized carbons (Fsp3) is 0.444. The zero-order valence-electron chi connectivity index (χ0n) is 16.2. The topological polar surface area (TPSA) is 92.5 Å². The highest BCUT2D eigenvalue weighted by atomic mass is 127. The summed E-state index contributed by atoms with van der Waals surface area (Å²) in [6, 6.07) is 6.49. The van der Waals surface area contributed by atoms with E-state index in [0.29, 0.717) is 24.1 Å². The number of nitro benzene ring substituents is 1. The third-order valence-electron chi connectivity index (χ3n) is 3.89. The summed E-state index contributed by atoms with van der Waals surface area (Å²) >= 11 is 0.933. The number of nitro groups is 1. The fourth-order valence-corrected chi connectivity index (χ4v) is 3.17. The van der Waals surface area contributed by atoms with E-state index in [4.69, 9.17) is 0 Å². The van der Waals surface area contributed by atoms with Crippen molar-refractivity contribution in [3.63, 3.8) is 0 Å². The van der Waals surface area contributed by atoms with Gasteiger partial charge in [0.2, 0.25) is 0 Å². The van der Waals surface area contributed by atoms with E-state index in [1.54, 1.807) is 12.1 Å². The van der Waals surface area contributed by atoms with Crippen LogP contribution in [0.1, 0.15) is 36.0 Å². The summed E-state index contributed by atoms with van der Waals surface area (Å²) in [6.07, 6.45) is -1.92. The second-order valence-corrected chi connectivity index (χ2v) is 7.07. The lowest BCUT2D eigenvalue weighted by atomic mass is 10.1. The predicted molar refractivity (Wildman–Crippen MR) is 121 cm³/mol. The zero-order chi connectivity index (χ0) is 21.3. The van der Waals surface area contributed by atoms with Crippen LogP contribution in [0.25, 0.3) is 0 Å². The van der Waals surface area contributed by atoms with Crippen molar-refractivity contribution in [1.29, 1.82) is 0 Å². The number of nitrogens with zero attached hydrogens (tertiary/aromatic N) is 3. The second kappa shape index (κ2) is 12.7. The van der Waals surface area contributed by atoms with E-state index in [-0.39, 0.29) is 36.2 Å². The van der Waals surface area contributed by atoms with Gasteiger partial charge in [-0.1, -0.05) is 12.1 Å². The average molecular weight is 557 g/mol. The number of non-ortho nitro benzene ring substituents is 1. The number of hydrogen-bond donors (Lipinski definition) is 2. The number of aromatic nitrogens is 1. The van der Waals surface area contributed by atoms with E-state index in [2.05, 4.69) is 20.6 Å². The number of guanidine groups is 1. The van der Waals surface area contributed by atoms with E-state index < -0.39 is 16.8 Å². The first kappa shape index (κ1) is 26.1. The Hall–Kier alpha value is -1.96. The van der Waals surface area contributed by atoms with Gasteiger partial charge in [0.05, 0.1) is 11.5 Å². The molecule has 0 amide bonds. The maximum Gasteiger partial charge on any atom is 0.434 e. The minimum Gasteiger partial charge on any atom is -0.357 e. The SMILES string of the molecule is CCNC(=NCc1nc(C(F)(F)F)cs1)NCCCCc1ccc([N+](=O)[O-])cc1.I. The third-order valence-corrected chi connectivity index (χ3v) is 4.72. The Balaban J connectivity index is 0.00000450. The van der Waals surface area contributed by atoms with Crippen LogP contribution in [-0.4, -0.2) is 29.0 Å². The summed E-state index contributed by atoms with van der Waals surface area (Å²) < 4.78 is 37.8. The fourth-order valence-electron chi connectivity index (χ4n) is 2.45. The summed E-state index contributed by atoms with van der Waals surface area (Å²) in [6.45, 7) is 3.24. The van der Waals surface area contributed by atoms with Gasteiger partial charge in [0.1, 0.15) is 5.01 Å². The summed E-state index contributed by atoms with van der Waals surface area (Å²) in [5.74, 6) is 0.520. The van der Waals surface area contributed by atoms with Crippen molar-refractivity contribution < 1.29 is 18.1 Å². The zero-order valence-corrected chi connectivity index (χ0v) is 19.4. The Labute approximate surface area is 193 Å². The van der Waals surface area contributed by atoms with E-state index in [1.165, 1.54) is 12.1 Å². The van der Waals surface area contributed by atoms with Crippen LogP contribution in [0.4, 0.5) is 18.9 Å². The first-order valence-electron chi connectivity index (χ1n) is 9.06. The lowest BCUT2D eigenvalue weighted by Gasteiger charge is -2.11. The van der Waals surface area contributed by atoms with E-state index >= 15 is 0 Å². The van der Waals surface area contributed by atoms with Gasteiger partial charge in [-0.3, -0.25) is 10.1 Å². The van der Waals surface area contributed by atoms with Crippen LogP contribution in [0.5, 0.6) is 0 Å². The molecule has 7 nitrogen and oxygen atoms in total. The smallest absolute Gasteiger partial charge is 0.357 e. The Morgan fingerprint density at radius 3 is 2.50 bits per heavy atom. The van der Waals surface area contributed by atoms with Crippen LogP contribution >= 0.6 is 35.3 Å². The molecule has 2 N–H and O–H groups in total. The summed E-state index contributed by atoms with van der Waals surface area (Å²) in [7, 11) is 0. The number of aryl methyl sites for hydroxylation is 1. The molecular weight excluding hydrogens is 534 g/mol. The van der Waals surface area contributed by atoms with Gasteiger partial charge in [0.25, 0.3) is 5.69 Å². The number of benzene rings is 1. The van der Waals surface area contributed by atoms with Crippen molar-refractivity contribution in [2.75, 3.05) is 13.1 Å². The molecule has 0 bridgehead atoms. The second-order valence-electron chi connectivity index (χ2n) is 6.13. The number of thiazole rings is 1. The number of rotatable bonds is 9. The molecule has 0 fully saturated rings. The maximum atomic E-state index is 12.6. The highest BCUT2D eigenvalue weighted by Gasteiger charge is 2.33. The van der Waals surface area contributed by atoms with Gasteiger partial charge in [-0.25, -0.2) is 9.98 Å². The molecule has 12 heteroatoms. The molecule has 0 radical (unpaired) electrons.